The number of likely N-dealkylation sites (tertiary alicyclic amines) is 1. The number of esters is 1. The Kier molecular flexibility index (Phi) is 5.05. The second-order valence-electron chi connectivity index (χ2n) is 4.45. The lowest BCUT2D eigenvalue weighted by Crippen LogP contribution is -2.40. The van der Waals surface area contributed by atoms with E-state index in [-0.39, 0.29) is 12.1 Å². The average molecular weight is 214 g/mol. The maximum Gasteiger partial charge on any atom is 0.302 e. The van der Waals surface area contributed by atoms with Crippen LogP contribution in [0.2, 0.25) is 0 Å². The van der Waals surface area contributed by atoms with Gasteiger partial charge in [-0.25, -0.2) is 0 Å². The molecule has 1 rings (SSSR count). The van der Waals surface area contributed by atoms with E-state index in [2.05, 4.69) is 23.9 Å². The zero-order chi connectivity index (χ0) is 11.3. The number of carbonyl (C=O) groups is 1. The molecular formula is C11H22N2O2. The number of likely N-dealkylation sites (N-methyl/N-ethyl adjacent to an activating group) is 1. The van der Waals surface area contributed by atoms with Crippen LogP contribution in [0.1, 0.15) is 19.8 Å². The van der Waals surface area contributed by atoms with Gasteiger partial charge in [0.15, 0.2) is 0 Å². The smallest absolute Gasteiger partial charge is 0.302 e. The molecule has 4 heteroatoms. The van der Waals surface area contributed by atoms with Gasteiger partial charge in [-0.05, 0) is 26.9 Å². The minimum Gasteiger partial charge on any atom is -0.462 e. The minimum atomic E-state index is -0.151. The molecule has 0 bridgehead atoms. The van der Waals surface area contributed by atoms with Gasteiger partial charge in [-0.3, -0.25) is 4.79 Å². The van der Waals surface area contributed by atoms with Crippen LogP contribution in [0.15, 0.2) is 0 Å². The third-order valence-electron chi connectivity index (χ3n) is 2.73. The van der Waals surface area contributed by atoms with Gasteiger partial charge in [0.05, 0.1) is 0 Å². The highest BCUT2D eigenvalue weighted by molar-refractivity contribution is 5.66. The Morgan fingerprint density at radius 3 is 2.47 bits per heavy atom. The summed E-state index contributed by atoms with van der Waals surface area (Å²) in [5, 5.41) is 0. The highest BCUT2D eigenvalue weighted by Crippen LogP contribution is 2.13. The van der Waals surface area contributed by atoms with Crippen LogP contribution in [0.5, 0.6) is 0 Å². The molecule has 88 valence electrons. The van der Waals surface area contributed by atoms with Crippen LogP contribution in [-0.2, 0) is 9.53 Å². The fraction of sp³-hybridized carbons (Fsp3) is 0.909. The van der Waals surface area contributed by atoms with E-state index < -0.39 is 0 Å². The van der Waals surface area contributed by atoms with Crippen LogP contribution in [0.25, 0.3) is 0 Å². The van der Waals surface area contributed by atoms with Crippen LogP contribution < -0.4 is 0 Å². The van der Waals surface area contributed by atoms with Crippen molar-refractivity contribution in [3.05, 3.63) is 0 Å². The largest absolute Gasteiger partial charge is 0.462 e. The molecule has 1 aliphatic heterocycles. The van der Waals surface area contributed by atoms with Crippen molar-refractivity contribution in [3.8, 4) is 0 Å². The van der Waals surface area contributed by atoms with Crippen molar-refractivity contribution in [2.24, 2.45) is 0 Å². The van der Waals surface area contributed by atoms with Crippen LogP contribution in [0.4, 0.5) is 0 Å². The zero-order valence-electron chi connectivity index (χ0n) is 10.0. The summed E-state index contributed by atoms with van der Waals surface area (Å²) in [6.45, 7) is 5.79. The Hall–Kier alpha value is -0.610. The molecule has 0 radical (unpaired) electrons. The number of carbonyl (C=O) groups excluding carboxylic acids is 1. The first-order valence-electron chi connectivity index (χ1n) is 5.62. The quantitative estimate of drug-likeness (QED) is 0.641. The Balaban J connectivity index is 2.15. The van der Waals surface area contributed by atoms with Gasteiger partial charge in [0.1, 0.15) is 6.10 Å². The van der Waals surface area contributed by atoms with E-state index >= 15 is 0 Å². The second kappa shape index (κ2) is 6.08. The highest BCUT2D eigenvalue weighted by Gasteiger charge is 2.20. The van der Waals surface area contributed by atoms with Gasteiger partial charge in [0.25, 0.3) is 0 Å². The molecule has 1 fully saturated rings. The van der Waals surface area contributed by atoms with Crippen LogP contribution >= 0.6 is 0 Å². The van der Waals surface area contributed by atoms with Crippen molar-refractivity contribution in [2.75, 3.05) is 40.3 Å². The van der Waals surface area contributed by atoms with Crippen LogP contribution in [0.3, 0.4) is 0 Å². The monoisotopic (exact) mass is 214 g/mol. The Morgan fingerprint density at radius 1 is 1.40 bits per heavy atom. The lowest BCUT2D eigenvalue weighted by Gasteiger charge is -2.32. The first-order chi connectivity index (χ1) is 7.08. The van der Waals surface area contributed by atoms with E-state index in [0.717, 1.165) is 39.0 Å². The topological polar surface area (TPSA) is 32.8 Å². The van der Waals surface area contributed by atoms with E-state index in [1.807, 2.05) is 0 Å². The summed E-state index contributed by atoms with van der Waals surface area (Å²) in [6, 6.07) is 0. The van der Waals surface area contributed by atoms with Gasteiger partial charge >= 0.3 is 5.97 Å². The van der Waals surface area contributed by atoms with E-state index in [1.54, 1.807) is 0 Å². The Morgan fingerprint density at radius 2 is 2.00 bits per heavy atom. The molecule has 0 spiro atoms. The average Bonchev–Trinajstić information content (AvgIpc) is 2.16. The Labute approximate surface area is 92.2 Å². The van der Waals surface area contributed by atoms with Gasteiger partial charge in [0.2, 0.25) is 0 Å². The first-order valence-corrected chi connectivity index (χ1v) is 5.62. The maximum absolute atomic E-state index is 10.8. The maximum atomic E-state index is 10.8. The molecule has 0 atom stereocenters. The lowest BCUT2D eigenvalue weighted by molar-refractivity contribution is -0.148. The predicted octanol–water partition coefficient (Wildman–Crippen LogP) is 0.575. The molecule has 0 aromatic rings. The van der Waals surface area contributed by atoms with Crippen molar-refractivity contribution in [3.63, 3.8) is 0 Å². The predicted molar refractivity (Wildman–Crippen MR) is 59.8 cm³/mol. The molecule has 0 aliphatic carbocycles. The van der Waals surface area contributed by atoms with Gasteiger partial charge < -0.3 is 14.5 Å². The number of hydrogen-bond acceptors (Lipinski definition) is 4. The number of nitrogens with zero attached hydrogens (tertiary/aromatic N) is 2. The normalized spacial score (nSPS) is 19.5. The molecule has 0 amide bonds. The lowest BCUT2D eigenvalue weighted by atomic mass is 10.1. The number of piperidine rings is 1. The van der Waals surface area contributed by atoms with E-state index in [4.69, 9.17) is 4.74 Å². The summed E-state index contributed by atoms with van der Waals surface area (Å²) >= 11 is 0. The number of hydrogen-bond donors (Lipinski definition) is 0. The molecule has 0 unspecified atom stereocenters. The van der Waals surface area contributed by atoms with Crippen LogP contribution in [-0.4, -0.2) is 62.1 Å². The zero-order valence-corrected chi connectivity index (χ0v) is 10.0. The molecule has 1 aliphatic rings. The van der Waals surface area contributed by atoms with Gasteiger partial charge in [-0.15, -0.1) is 0 Å². The Bertz CT molecular complexity index is 199. The highest BCUT2D eigenvalue weighted by atomic mass is 16.5. The summed E-state index contributed by atoms with van der Waals surface area (Å²) in [5.41, 5.74) is 0. The SMILES string of the molecule is CC(=O)OC1CCN(CCN(C)C)CC1. The third-order valence-corrected chi connectivity index (χ3v) is 2.73. The van der Waals surface area contributed by atoms with Crippen molar-refractivity contribution >= 4 is 5.97 Å². The summed E-state index contributed by atoms with van der Waals surface area (Å²) in [6.07, 6.45) is 2.11. The summed E-state index contributed by atoms with van der Waals surface area (Å²) in [5.74, 6) is -0.151. The van der Waals surface area contributed by atoms with Gasteiger partial charge in [-0.2, -0.15) is 0 Å². The van der Waals surface area contributed by atoms with Crippen molar-refractivity contribution in [1.82, 2.24) is 9.80 Å². The first kappa shape index (κ1) is 12.5. The fourth-order valence-corrected chi connectivity index (χ4v) is 1.83. The standard InChI is InChI=1S/C11H22N2O2/c1-10(14)15-11-4-6-13(7-5-11)9-8-12(2)3/h11H,4-9H2,1-3H3. The number of rotatable bonds is 4. The molecular weight excluding hydrogens is 192 g/mol. The summed E-state index contributed by atoms with van der Waals surface area (Å²) < 4.78 is 5.19. The van der Waals surface area contributed by atoms with E-state index in [0.29, 0.717) is 0 Å². The molecule has 1 saturated heterocycles. The molecule has 0 aromatic carbocycles. The summed E-state index contributed by atoms with van der Waals surface area (Å²) in [4.78, 5) is 15.4. The molecule has 4 nitrogen and oxygen atoms in total. The van der Waals surface area contributed by atoms with Crippen LogP contribution in [0, 0.1) is 0 Å². The van der Waals surface area contributed by atoms with Gasteiger partial charge in [-0.1, -0.05) is 0 Å². The third kappa shape index (κ3) is 5.14. The fourth-order valence-electron chi connectivity index (χ4n) is 1.83. The minimum absolute atomic E-state index is 0.151. The van der Waals surface area contributed by atoms with E-state index in [9.17, 15) is 4.79 Å². The van der Waals surface area contributed by atoms with Crippen molar-refractivity contribution < 1.29 is 9.53 Å². The second-order valence-corrected chi connectivity index (χ2v) is 4.45. The van der Waals surface area contributed by atoms with Gasteiger partial charge in [0, 0.05) is 33.1 Å². The van der Waals surface area contributed by atoms with Crippen molar-refractivity contribution in [1.29, 1.82) is 0 Å². The molecule has 0 aromatic heterocycles. The van der Waals surface area contributed by atoms with Crippen molar-refractivity contribution in [2.45, 2.75) is 25.9 Å². The molecule has 0 N–H and O–H groups in total. The molecule has 0 saturated carbocycles. The molecule has 15 heavy (non-hydrogen) atoms. The summed E-state index contributed by atoms with van der Waals surface area (Å²) in [7, 11) is 4.18. The van der Waals surface area contributed by atoms with E-state index in [1.165, 1.54) is 6.92 Å². The number of ether oxygens (including phenoxy) is 1. The molecule has 1 heterocycles.